The molecule has 2 heteroatoms. The van der Waals surface area contributed by atoms with Crippen LogP contribution in [0, 0.1) is 16.7 Å². The molecular weight excluding hydrogens is 184 g/mol. The maximum atomic E-state index is 9.11. The second-order valence-corrected chi connectivity index (χ2v) is 5.95. The molecule has 0 bridgehead atoms. The van der Waals surface area contributed by atoms with Gasteiger partial charge in [-0.2, -0.15) is 5.26 Å². The van der Waals surface area contributed by atoms with Crippen molar-refractivity contribution in [1.82, 2.24) is 5.32 Å². The van der Waals surface area contributed by atoms with Gasteiger partial charge in [-0.1, -0.05) is 40.0 Å². The Morgan fingerprint density at radius 1 is 1.27 bits per heavy atom. The summed E-state index contributed by atoms with van der Waals surface area (Å²) in [4.78, 5) is 0. The zero-order valence-corrected chi connectivity index (χ0v) is 10.3. The summed E-state index contributed by atoms with van der Waals surface area (Å²) in [6, 6.07) is 3.02. The molecule has 1 aliphatic rings. The van der Waals surface area contributed by atoms with Gasteiger partial charge in [-0.3, -0.25) is 5.32 Å². The van der Waals surface area contributed by atoms with Gasteiger partial charge < -0.3 is 0 Å². The van der Waals surface area contributed by atoms with Crippen molar-refractivity contribution in [1.29, 1.82) is 5.26 Å². The van der Waals surface area contributed by atoms with E-state index in [0.29, 0.717) is 6.04 Å². The topological polar surface area (TPSA) is 35.8 Å². The molecule has 0 radical (unpaired) electrons. The molecule has 0 spiro atoms. The molecule has 0 aromatic rings. The molecule has 0 saturated heterocycles. The minimum absolute atomic E-state index is 0.0353. The van der Waals surface area contributed by atoms with Gasteiger partial charge in [0.1, 0.15) is 0 Å². The minimum Gasteiger partial charge on any atom is -0.299 e. The van der Waals surface area contributed by atoms with Gasteiger partial charge in [0.05, 0.1) is 12.1 Å². The molecule has 0 amide bonds. The maximum Gasteiger partial charge on any atom is 0.0960 e. The second-order valence-electron chi connectivity index (χ2n) is 5.95. The lowest BCUT2D eigenvalue weighted by molar-refractivity contribution is 0.294. The number of nitrogens with one attached hydrogen (secondary N) is 1. The Bertz CT molecular complexity index is 216. The van der Waals surface area contributed by atoms with Gasteiger partial charge >= 0.3 is 0 Å². The first-order valence-corrected chi connectivity index (χ1v) is 6.17. The van der Waals surface area contributed by atoms with E-state index >= 15 is 0 Å². The fraction of sp³-hybridized carbons (Fsp3) is 0.923. The standard InChI is InChI=1S/C13H24N2/c1-13(2,3)9-12(10-14)15-11-7-5-4-6-8-11/h11-12,15H,4-9H2,1-3H3. The van der Waals surface area contributed by atoms with Gasteiger partial charge in [0.15, 0.2) is 0 Å². The lowest BCUT2D eigenvalue weighted by Crippen LogP contribution is -2.40. The molecule has 1 atom stereocenters. The number of nitriles is 1. The van der Waals surface area contributed by atoms with Crippen LogP contribution in [0.3, 0.4) is 0 Å². The summed E-state index contributed by atoms with van der Waals surface area (Å²) in [5, 5.41) is 12.6. The highest BCUT2D eigenvalue weighted by molar-refractivity contribution is 4.94. The summed E-state index contributed by atoms with van der Waals surface area (Å²) in [5.41, 5.74) is 0.238. The highest BCUT2D eigenvalue weighted by Gasteiger charge is 2.22. The molecule has 1 rings (SSSR count). The maximum absolute atomic E-state index is 9.11. The third-order valence-corrected chi connectivity index (χ3v) is 3.01. The second kappa shape index (κ2) is 5.51. The Labute approximate surface area is 94.1 Å². The number of hydrogen-bond donors (Lipinski definition) is 1. The van der Waals surface area contributed by atoms with Gasteiger partial charge in [-0.15, -0.1) is 0 Å². The summed E-state index contributed by atoms with van der Waals surface area (Å²) in [6.45, 7) is 6.58. The van der Waals surface area contributed by atoms with Gasteiger partial charge in [-0.05, 0) is 24.7 Å². The van der Waals surface area contributed by atoms with Crippen molar-refractivity contribution >= 4 is 0 Å². The Hall–Kier alpha value is -0.550. The van der Waals surface area contributed by atoms with Crippen LogP contribution in [0.25, 0.3) is 0 Å². The van der Waals surface area contributed by atoms with Crippen LogP contribution < -0.4 is 5.32 Å². The van der Waals surface area contributed by atoms with E-state index in [9.17, 15) is 0 Å². The van der Waals surface area contributed by atoms with E-state index in [2.05, 4.69) is 32.2 Å². The first kappa shape index (κ1) is 12.5. The van der Waals surface area contributed by atoms with Crippen LogP contribution in [0.2, 0.25) is 0 Å². The Morgan fingerprint density at radius 2 is 1.87 bits per heavy atom. The zero-order chi connectivity index (χ0) is 11.3. The molecule has 2 nitrogen and oxygen atoms in total. The van der Waals surface area contributed by atoms with Crippen LogP contribution >= 0.6 is 0 Å². The fourth-order valence-corrected chi connectivity index (χ4v) is 2.31. The predicted octanol–water partition coefficient (Wildman–Crippen LogP) is 3.24. The summed E-state index contributed by atoms with van der Waals surface area (Å²) in [6.07, 6.45) is 7.47. The molecule has 1 unspecified atom stereocenters. The number of nitrogens with zero attached hydrogens (tertiary/aromatic N) is 1. The van der Waals surface area contributed by atoms with Crippen molar-refractivity contribution in [2.24, 2.45) is 5.41 Å². The van der Waals surface area contributed by atoms with E-state index < -0.39 is 0 Å². The molecule has 1 aliphatic carbocycles. The molecule has 86 valence electrons. The van der Waals surface area contributed by atoms with Crippen molar-refractivity contribution in [3.63, 3.8) is 0 Å². The van der Waals surface area contributed by atoms with Gasteiger partial charge in [0.2, 0.25) is 0 Å². The largest absolute Gasteiger partial charge is 0.299 e. The smallest absolute Gasteiger partial charge is 0.0960 e. The third kappa shape index (κ3) is 5.18. The van der Waals surface area contributed by atoms with E-state index in [1.807, 2.05) is 0 Å². The Morgan fingerprint density at radius 3 is 2.33 bits per heavy atom. The summed E-state index contributed by atoms with van der Waals surface area (Å²) in [5.74, 6) is 0. The van der Waals surface area contributed by atoms with Gasteiger partial charge in [-0.25, -0.2) is 0 Å². The highest BCUT2D eigenvalue weighted by Crippen LogP contribution is 2.23. The Kier molecular flexibility index (Phi) is 4.60. The zero-order valence-electron chi connectivity index (χ0n) is 10.3. The van der Waals surface area contributed by atoms with Crippen molar-refractivity contribution in [2.45, 2.75) is 71.4 Å². The third-order valence-electron chi connectivity index (χ3n) is 3.01. The first-order chi connectivity index (χ1) is 7.01. The molecular formula is C13H24N2. The van der Waals surface area contributed by atoms with E-state index in [1.54, 1.807) is 0 Å². The SMILES string of the molecule is CC(C)(C)CC(C#N)NC1CCCCC1. The van der Waals surface area contributed by atoms with E-state index in [-0.39, 0.29) is 11.5 Å². The van der Waals surface area contributed by atoms with Gasteiger partial charge in [0.25, 0.3) is 0 Å². The average Bonchev–Trinajstić information content (AvgIpc) is 2.16. The number of rotatable bonds is 3. The van der Waals surface area contributed by atoms with Crippen LogP contribution in [-0.2, 0) is 0 Å². The molecule has 15 heavy (non-hydrogen) atoms. The normalized spacial score (nSPS) is 20.9. The van der Waals surface area contributed by atoms with Crippen LogP contribution in [-0.4, -0.2) is 12.1 Å². The van der Waals surface area contributed by atoms with Crippen LogP contribution in [0.5, 0.6) is 0 Å². The lowest BCUT2D eigenvalue weighted by atomic mass is 9.87. The molecule has 1 saturated carbocycles. The van der Waals surface area contributed by atoms with E-state index in [4.69, 9.17) is 5.26 Å². The minimum atomic E-state index is 0.0353. The van der Waals surface area contributed by atoms with Gasteiger partial charge in [0, 0.05) is 6.04 Å². The van der Waals surface area contributed by atoms with Crippen molar-refractivity contribution in [3.05, 3.63) is 0 Å². The summed E-state index contributed by atoms with van der Waals surface area (Å²) >= 11 is 0. The number of hydrogen-bond acceptors (Lipinski definition) is 2. The lowest BCUT2D eigenvalue weighted by Gasteiger charge is -2.28. The molecule has 1 fully saturated rings. The average molecular weight is 208 g/mol. The quantitative estimate of drug-likeness (QED) is 0.773. The van der Waals surface area contributed by atoms with Crippen molar-refractivity contribution < 1.29 is 0 Å². The van der Waals surface area contributed by atoms with E-state index in [0.717, 1.165) is 6.42 Å². The molecule has 0 aromatic heterocycles. The Balaban J connectivity index is 2.36. The highest BCUT2D eigenvalue weighted by atomic mass is 14.9. The van der Waals surface area contributed by atoms with Crippen molar-refractivity contribution in [3.8, 4) is 6.07 Å². The monoisotopic (exact) mass is 208 g/mol. The summed E-state index contributed by atoms with van der Waals surface area (Å²) in [7, 11) is 0. The molecule has 0 aliphatic heterocycles. The summed E-state index contributed by atoms with van der Waals surface area (Å²) < 4.78 is 0. The fourth-order valence-electron chi connectivity index (χ4n) is 2.31. The van der Waals surface area contributed by atoms with Crippen LogP contribution in [0.4, 0.5) is 0 Å². The van der Waals surface area contributed by atoms with Crippen LogP contribution in [0.15, 0.2) is 0 Å². The van der Waals surface area contributed by atoms with Crippen molar-refractivity contribution in [2.75, 3.05) is 0 Å². The van der Waals surface area contributed by atoms with E-state index in [1.165, 1.54) is 32.1 Å². The predicted molar refractivity (Wildman–Crippen MR) is 63.5 cm³/mol. The molecule has 1 N–H and O–H groups in total. The first-order valence-electron chi connectivity index (χ1n) is 6.17. The van der Waals surface area contributed by atoms with Crippen LogP contribution in [0.1, 0.15) is 59.3 Å². The molecule has 0 aromatic carbocycles. The molecule has 0 heterocycles.